The molecule has 1 aliphatic rings. The van der Waals surface area contributed by atoms with Gasteiger partial charge in [0.15, 0.2) is 6.29 Å². The number of nitrogens with one attached hydrogen (secondary N) is 1. The molecule has 11 heteroatoms. The van der Waals surface area contributed by atoms with E-state index < -0.39 is 49.5 Å². The van der Waals surface area contributed by atoms with E-state index in [0.29, 0.717) is 19.4 Å². The van der Waals surface area contributed by atoms with Crippen LogP contribution in [0.3, 0.4) is 0 Å². The van der Waals surface area contributed by atoms with Crippen molar-refractivity contribution in [3.63, 3.8) is 0 Å². The lowest BCUT2D eigenvalue weighted by molar-refractivity contribution is -0.302. The number of amides is 1. The molecule has 0 saturated carbocycles. The van der Waals surface area contributed by atoms with E-state index in [1.54, 1.807) is 6.08 Å². The van der Waals surface area contributed by atoms with E-state index in [1.165, 1.54) is 302 Å². The molecule has 524 valence electrons. The van der Waals surface area contributed by atoms with E-state index in [-0.39, 0.29) is 18.5 Å². The Balaban J connectivity index is 1.89. The molecule has 1 saturated heterocycles. The summed E-state index contributed by atoms with van der Waals surface area (Å²) in [5.41, 5.74) is 0. The van der Waals surface area contributed by atoms with E-state index in [4.69, 9.17) is 14.2 Å². The van der Waals surface area contributed by atoms with E-state index in [2.05, 4.69) is 43.5 Å². The van der Waals surface area contributed by atoms with Gasteiger partial charge in [0.05, 0.1) is 32.0 Å². The van der Waals surface area contributed by atoms with E-state index >= 15 is 0 Å². The van der Waals surface area contributed by atoms with Crippen molar-refractivity contribution >= 4 is 11.9 Å². The summed E-state index contributed by atoms with van der Waals surface area (Å²) in [6.45, 7) is 4.37. The van der Waals surface area contributed by atoms with Gasteiger partial charge in [-0.1, -0.05) is 346 Å². The van der Waals surface area contributed by atoms with Gasteiger partial charge in [0.1, 0.15) is 24.4 Å². The third kappa shape index (κ3) is 56.0. The van der Waals surface area contributed by atoms with E-state index in [9.17, 15) is 35.1 Å². The molecule has 0 spiro atoms. The smallest absolute Gasteiger partial charge is 0.305 e. The molecule has 0 aromatic heterocycles. The first-order valence-electron chi connectivity index (χ1n) is 38.8. The van der Waals surface area contributed by atoms with Crippen LogP contribution in [0.15, 0.2) is 36.5 Å². The first-order valence-corrected chi connectivity index (χ1v) is 38.8. The van der Waals surface area contributed by atoms with Crippen LogP contribution < -0.4 is 5.32 Å². The van der Waals surface area contributed by atoms with Crippen LogP contribution >= 0.6 is 0 Å². The predicted molar refractivity (Wildman–Crippen MR) is 375 cm³/mol. The number of hydrogen-bond acceptors (Lipinski definition) is 10. The van der Waals surface area contributed by atoms with Gasteiger partial charge in [0, 0.05) is 12.8 Å². The lowest BCUT2D eigenvalue weighted by Gasteiger charge is -2.40. The quantitative estimate of drug-likeness (QED) is 0.0195. The van der Waals surface area contributed by atoms with Gasteiger partial charge in [0.25, 0.3) is 0 Å². The van der Waals surface area contributed by atoms with Gasteiger partial charge in [-0.2, -0.15) is 0 Å². The minimum absolute atomic E-state index is 0.0154. The Morgan fingerprint density at radius 1 is 0.416 bits per heavy atom. The average Bonchev–Trinajstić information content (AvgIpc) is 3.11. The van der Waals surface area contributed by atoms with E-state index in [0.717, 1.165) is 57.8 Å². The first kappa shape index (κ1) is 84.9. The Morgan fingerprint density at radius 2 is 0.753 bits per heavy atom. The molecule has 7 unspecified atom stereocenters. The molecule has 0 aromatic rings. The zero-order valence-corrected chi connectivity index (χ0v) is 58.4. The second-order valence-corrected chi connectivity index (χ2v) is 27.1. The second-order valence-electron chi connectivity index (χ2n) is 27.1. The molecule has 6 N–H and O–H groups in total. The number of hydrogen-bond donors (Lipinski definition) is 6. The topological polar surface area (TPSA) is 175 Å². The molecular weight excluding hydrogens is 1110 g/mol. The molecule has 1 fully saturated rings. The van der Waals surface area contributed by atoms with Crippen LogP contribution in [0.2, 0.25) is 0 Å². The number of aliphatic hydroxyl groups excluding tert-OH is 5. The fourth-order valence-electron chi connectivity index (χ4n) is 12.4. The summed E-state index contributed by atoms with van der Waals surface area (Å²) in [6, 6.07) is -0.807. The maximum Gasteiger partial charge on any atom is 0.305 e. The number of rotatable bonds is 69. The van der Waals surface area contributed by atoms with Crippen LogP contribution in [-0.2, 0) is 23.8 Å². The van der Waals surface area contributed by atoms with Crippen molar-refractivity contribution in [2.75, 3.05) is 19.8 Å². The van der Waals surface area contributed by atoms with Crippen molar-refractivity contribution in [1.82, 2.24) is 5.32 Å². The van der Waals surface area contributed by atoms with Crippen molar-refractivity contribution in [3.8, 4) is 0 Å². The lowest BCUT2D eigenvalue weighted by atomic mass is 9.99. The number of carbonyl (C=O) groups excluding carboxylic acids is 2. The Bertz CT molecular complexity index is 1570. The Labute approximate surface area is 549 Å². The lowest BCUT2D eigenvalue weighted by Crippen LogP contribution is -2.60. The van der Waals surface area contributed by atoms with Crippen LogP contribution in [0.5, 0.6) is 0 Å². The van der Waals surface area contributed by atoms with Crippen molar-refractivity contribution in [2.24, 2.45) is 0 Å². The molecule has 89 heavy (non-hydrogen) atoms. The molecule has 7 atom stereocenters. The van der Waals surface area contributed by atoms with E-state index in [1.807, 2.05) is 6.08 Å². The molecule has 11 nitrogen and oxygen atoms in total. The molecule has 1 aliphatic heterocycles. The SMILES string of the molecule is CCCCCCCCCC/C=C/C(O)C(COC1OC(CO)C(O)C(O)C1O)NC(=O)CCCCCCCCCCCCCCCCCCC/C=C\C/C=C\CCCCCCCCCCCCCCCOC(=O)CCCCCCCCCCCCCCCC. The van der Waals surface area contributed by atoms with Crippen LogP contribution in [0.25, 0.3) is 0 Å². The van der Waals surface area contributed by atoms with Crippen LogP contribution in [-0.4, -0.2) is 100 Å². The van der Waals surface area contributed by atoms with Crippen molar-refractivity contribution < 1.29 is 49.3 Å². The zero-order chi connectivity index (χ0) is 64.4. The molecule has 0 bridgehead atoms. The number of carbonyl (C=O) groups is 2. The number of unbranched alkanes of at least 4 members (excludes halogenated alkanes) is 51. The van der Waals surface area contributed by atoms with Gasteiger partial charge in [-0.25, -0.2) is 0 Å². The van der Waals surface area contributed by atoms with Gasteiger partial charge in [-0.15, -0.1) is 0 Å². The first-order chi connectivity index (χ1) is 43.7. The summed E-state index contributed by atoms with van der Waals surface area (Å²) >= 11 is 0. The van der Waals surface area contributed by atoms with Crippen molar-refractivity contribution in [2.45, 2.75) is 429 Å². The van der Waals surface area contributed by atoms with Gasteiger partial charge in [0.2, 0.25) is 5.91 Å². The molecule has 1 amide bonds. The summed E-state index contributed by atoms with van der Waals surface area (Å²) in [5, 5.41) is 54.4. The highest BCUT2D eigenvalue weighted by atomic mass is 16.7. The largest absolute Gasteiger partial charge is 0.466 e. The summed E-state index contributed by atoms with van der Waals surface area (Å²) in [7, 11) is 0. The molecule has 0 radical (unpaired) electrons. The normalized spacial score (nSPS) is 17.9. The van der Waals surface area contributed by atoms with Crippen molar-refractivity contribution in [1.29, 1.82) is 0 Å². The number of ether oxygens (including phenoxy) is 3. The Hall–Kier alpha value is -2.12. The highest BCUT2D eigenvalue weighted by molar-refractivity contribution is 5.76. The molecule has 1 heterocycles. The van der Waals surface area contributed by atoms with Crippen LogP contribution in [0.1, 0.15) is 386 Å². The number of aliphatic hydroxyl groups is 5. The number of allylic oxidation sites excluding steroid dienone is 5. The fourth-order valence-corrected chi connectivity index (χ4v) is 12.4. The summed E-state index contributed by atoms with van der Waals surface area (Å²) in [5.74, 6) is -0.163. The van der Waals surface area contributed by atoms with Gasteiger partial charge in [-0.3, -0.25) is 9.59 Å². The zero-order valence-electron chi connectivity index (χ0n) is 58.4. The van der Waals surface area contributed by atoms with Gasteiger partial charge < -0.3 is 45.1 Å². The molecule has 0 aliphatic carbocycles. The molecular formula is C78H147NO10. The minimum atomic E-state index is -1.57. The average molecular weight is 1260 g/mol. The third-order valence-electron chi connectivity index (χ3n) is 18.5. The summed E-state index contributed by atoms with van der Waals surface area (Å²) in [4.78, 5) is 25.1. The number of esters is 1. The standard InChI is InChI=1S/C78H147NO10/c1-3-5-7-9-11-13-15-16-43-46-50-54-58-62-66-74(83)87-67-63-59-55-51-47-44-41-39-37-35-33-31-29-27-25-23-21-19-17-18-20-22-24-26-28-30-32-34-36-38-40-42-45-49-53-57-61-65-73(82)79-70(69-88-78-77(86)76(85)75(84)72(68-80)89-78)71(81)64-60-56-52-48-14-12-10-8-6-4-2/h17,19,23,25,60,64,70-72,75-78,80-81,84-86H,3-16,18,20-22,24,26-59,61-63,65-69H2,1-2H3,(H,79,82)/b19-17-,25-23-,64-60+. The maximum atomic E-state index is 13.0. The van der Waals surface area contributed by atoms with Gasteiger partial charge >= 0.3 is 5.97 Å². The fraction of sp³-hybridized carbons (Fsp3) is 0.897. The van der Waals surface area contributed by atoms with Crippen molar-refractivity contribution in [3.05, 3.63) is 36.5 Å². The Morgan fingerprint density at radius 3 is 1.13 bits per heavy atom. The Kier molecular flexibility index (Phi) is 64.2. The predicted octanol–water partition coefficient (Wildman–Crippen LogP) is 20.5. The van der Waals surface area contributed by atoms with Crippen LogP contribution in [0, 0.1) is 0 Å². The highest BCUT2D eigenvalue weighted by Gasteiger charge is 2.44. The summed E-state index contributed by atoms with van der Waals surface area (Å²) < 4.78 is 16.7. The maximum absolute atomic E-state index is 13.0. The second kappa shape index (κ2) is 67.3. The third-order valence-corrected chi connectivity index (χ3v) is 18.5. The molecule has 0 aromatic carbocycles. The minimum Gasteiger partial charge on any atom is -0.466 e. The van der Waals surface area contributed by atoms with Gasteiger partial charge in [-0.05, 0) is 64.2 Å². The summed E-state index contributed by atoms with van der Waals surface area (Å²) in [6.07, 6.45) is 77.5. The van der Waals surface area contributed by atoms with Crippen LogP contribution in [0.4, 0.5) is 0 Å². The highest BCUT2D eigenvalue weighted by Crippen LogP contribution is 2.24. The molecule has 1 rings (SSSR count). The monoisotopic (exact) mass is 1260 g/mol.